The topological polar surface area (TPSA) is 76.7 Å². The predicted octanol–water partition coefficient (Wildman–Crippen LogP) is 6.98. The van der Waals surface area contributed by atoms with Crippen LogP contribution in [-0.2, 0) is 22.4 Å². The van der Waals surface area contributed by atoms with E-state index in [0.29, 0.717) is 17.0 Å². The fourth-order valence-corrected chi connectivity index (χ4v) is 5.17. The molecule has 0 bridgehead atoms. The van der Waals surface area contributed by atoms with Crippen LogP contribution >= 0.6 is 11.6 Å². The van der Waals surface area contributed by atoms with Crippen LogP contribution in [0.25, 0.3) is 28.2 Å². The van der Waals surface area contributed by atoms with Crippen LogP contribution in [0.5, 0.6) is 0 Å². The number of carboxylic acid groups (broad SMARTS) is 1. The molecule has 8 heteroatoms. The Morgan fingerprint density at radius 2 is 1.84 bits per heavy atom. The van der Waals surface area contributed by atoms with Gasteiger partial charge in [0.05, 0.1) is 17.0 Å². The monoisotopic (exact) mass is 521 g/mol. The lowest BCUT2D eigenvalue weighted by molar-refractivity contribution is -0.160. The molecule has 0 radical (unpaired) electrons. The van der Waals surface area contributed by atoms with Crippen molar-refractivity contribution >= 4 is 23.2 Å². The number of halogens is 2. The second-order valence-electron chi connectivity index (χ2n) is 10.5. The van der Waals surface area contributed by atoms with E-state index < -0.39 is 23.5 Å². The van der Waals surface area contributed by atoms with Gasteiger partial charge < -0.3 is 9.84 Å². The molecule has 1 atom stereocenters. The molecule has 0 aliphatic heterocycles. The third kappa shape index (κ3) is 4.98. The number of carboxylic acids is 1. The van der Waals surface area contributed by atoms with Gasteiger partial charge in [-0.05, 0) is 88.8 Å². The van der Waals surface area contributed by atoms with Crippen molar-refractivity contribution < 1.29 is 19.0 Å². The van der Waals surface area contributed by atoms with Gasteiger partial charge in [-0.15, -0.1) is 0 Å². The van der Waals surface area contributed by atoms with Crippen LogP contribution in [-0.4, -0.2) is 31.3 Å². The van der Waals surface area contributed by atoms with Crippen LogP contribution in [0.3, 0.4) is 0 Å². The maximum Gasteiger partial charge on any atom is 0.337 e. The second-order valence-corrected chi connectivity index (χ2v) is 11.0. The summed E-state index contributed by atoms with van der Waals surface area (Å²) in [5, 5.41) is 15.2. The molecule has 1 aliphatic rings. The van der Waals surface area contributed by atoms with Crippen LogP contribution in [0, 0.1) is 12.7 Å². The first kappa shape index (κ1) is 25.4. The summed E-state index contributed by atoms with van der Waals surface area (Å²) in [7, 11) is 0. The summed E-state index contributed by atoms with van der Waals surface area (Å²) in [5.74, 6) is -1.79. The number of hydrogen-bond acceptors (Lipinski definition) is 4. The van der Waals surface area contributed by atoms with Crippen molar-refractivity contribution in [2.45, 2.75) is 65.1 Å². The molecule has 2 heterocycles. The fourth-order valence-electron chi connectivity index (χ4n) is 5.01. The van der Waals surface area contributed by atoms with Gasteiger partial charge in [-0.1, -0.05) is 23.7 Å². The molecule has 6 nitrogen and oxygen atoms in total. The Morgan fingerprint density at radius 3 is 2.51 bits per heavy atom. The molecular formula is C29H29ClFN3O3. The number of hydrogen-bond donors (Lipinski definition) is 1. The maximum absolute atomic E-state index is 15.4. The average Bonchev–Trinajstić information content (AvgIpc) is 3.25. The minimum Gasteiger partial charge on any atom is -0.479 e. The first-order valence-electron chi connectivity index (χ1n) is 12.4. The SMILES string of the molecule is Cc1nc2cc(-c3ccc4c(c3)CCCC4)nn2c(-c2ccc(Cl)cc2F)c1C(OC(C)(C)C)C(=O)O. The molecule has 0 saturated carbocycles. The van der Waals surface area contributed by atoms with E-state index in [9.17, 15) is 9.90 Å². The van der Waals surface area contributed by atoms with Gasteiger partial charge >= 0.3 is 5.97 Å². The summed E-state index contributed by atoms with van der Waals surface area (Å²) in [6.45, 7) is 7.03. The predicted molar refractivity (Wildman–Crippen MR) is 141 cm³/mol. The molecule has 192 valence electrons. The van der Waals surface area contributed by atoms with Crippen molar-refractivity contribution in [3.05, 3.63) is 75.7 Å². The lowest BCUT2D eigenvalue weighted by Crippen LogP contribution is -2.29. The van der Waals surface area contributed by atoms with Gasteiger partial charge in [-0.2, -0.15) is 5.10 Å². The Bertz CT molecular complexity index is 1520. The van der Waals surface area contributed by atoms with Gasteiger partial charge in [0, 0.05) is 33.5 Å². The number of fused-ring (bicyclic) bond motifs is 2. The quantitative estimate of drug-likeness (QED) is 0.306. The summed E-state index contributed by atoms with van der Waals surface area (Å²) in [4.78, 5) is 17.1. The number of nitrogens with zero attached hydrogens (tertiary/aromatic N) is 3. The van der Waals surface area contributed by atoms with E-state index in [1.54, 1.807) is 33.8 Å². The molecule has 0 saturated heterocycles. The van der Waals surface area contributed by atoms with Crippen molar-refractivity contribution in [3.8, 4) is 22.5 Å². The highest BCUT2D eigenvalue weighted by Gasteiger charge is 2.34. The number of aromatic nitrogens is 3. The van der Waals surface area contributed by atoms with Gasteiger partial charge in [0.15, 0.2) is 11.8 Å². The largest absolute Gasteiger partial charge is 0.479 e. The Labute approximate surface area is 220 Å². The minimum absolute atomic E-state index is 0.166. The summed E-state index contributed by atoms with van der Waals surface area (Å²) in [6, 6.07) is 12.5. The molecule has 0 spiro atoms. The van der Waals surface area contributed by atoms with E-state index in [0.717, 1.165) is 24.8 Å². The van der Waals surface area contributed by atoms with Gasteiger partial charge in [0.25, 0.3) is 0 Å². The Kier molecular flexibility index (Phi) is 6.54. The molecule has 2 aromatic heterocycles. The zero-order chi connectivity index (χ0) is 26.5. The molecular weight excluding hydrogens is 493 g/mol. The highest BCUT2D eigenvalue weighted by atomic mass is 35.5. The number of ether oxygens (including phenoxy) is 1. The highest BCUT2D eigenvalue weighted by Crippen LogP contribution is 2.38. The fraction of sp³-hybridized carbons (Fsp3) is 0.345. The zero-order valence-corrected chi connectivity index (χ0v) is 22.1. The molecule has 37 heavy (non-hydrogen) atoms. The zero-order valence-electron chi connectivity index (χ0n) is 21.3. The van der Waals surface area contributed by atoms with Crippen LogP contribution in [0.1, 0.15) is 62.1 Å². The van der Waals surface area contributed by atoms with Gasteiger partial charge in [-0.3, -0.25) is 0 Å². The van der Waals surface area contributed by atoms with E-state index in [1.807, 2.05) is 12.1 Å². The smallest absolute Gasteiger partial charge is 0.337 e. The van der Waals surface area contributed by atoms with E-state index in [2.05, 4.69) is 17.1 Å². The third-order valence-electron chi connectivity index (χ3n) is 6.62. The van der Waals surface area contributed by atoms with Gasteiger partial charge in [0.2, 0.25) is 0 Å². The third-order valence-corrected chi connectivity index (χ3v) is 6.85. The Hall–Kier alpha value is -3.29. The number of aryl methyl sites for hydroxylation is 3. The summed E-state index contributed by atoms with van der Waals surface area (Å²) in [6.07, 6.45) is 3.08. The lowest BCUT2D eigenvalue weighted by Gasteiger charge is -2.27. The second kappa shape index (κ2) is 9.54. The van der Waals surface area contributed by atoms with Crippen molar-refractivity contribution in [3.63, 3.8) is 0 Å². The average molecular weight is 522 g/mol. The highest BCUT2D eigenvalue weighted by molar-refractivity contribution is 6.30. The standard InChI is InChI=1S/C29H29ClFN3O3/c1-16-25(27(28(35)36)37-29(2,3)4)26(21-12-11-20(30)14-22(21)31)34-24(32-16)15-23(33-34)19-10-9-17-7-5-6-8-18(17)13-19/h9-15,27H,5-8H2,1-4H3,(H,35,36). The Morgan fingerprint density at radius 1 is 1.11 bits per heavy atom. The molecule has 2 aromatic carbocycles. The first-order chi connectivity index (χ1) is 17.5. The van der Waals surface area contributed by atoms with E-state index in [-0.39, 0.29) is 21.8 Å². The van der Waals surface area contributed by atoms with Crippen molar-refractivity contribution in [2.24, 2.45) is 0 Å². The normalized spacial score (nSPS) is 14.5. The maximum atomic E-state index is 15.4. The molecule has 1 unspecified atom stereocenters. The number of aliphatic carboxylic acids is 1. The number of benzene rings is 2. The minimum atomic E-state index is -1.39. The number of rotatable bonds is 5. The number of carbonyl (C=O) groups is 1. The molecule has 4 aromatic rings. The van der Waals surface area contributed by atoms with Crippen molar-refractivity contribution in [1.29, 1.82) is 0 Å². The molecule has 5 rings (SSSR count). The molecule has 0 amide bonds. The van der Waals surface area contributed by atoms with Crippen LogP contribution in [0.15, 0.2) is 42.5 Å². The molecule has 1 aliphatic carbocycles. The summed E-state index contributed by atoms with van der Waals surface area (Å²) in [5.41, 5.74) is 5.11. The Balaban J connectivity index is 1.78. The molecule has 1 N–H and O–H groups in total. The van der Waals surface area contributed by atoms with Gasteiger partial charge in [-0.25, -0.2) is 18.7 Å². The van der Waals surface area contributed by atoms with E-state index in [1.165, 1.54) is 34.2 Å². The first-order valence-corrected chi connectivity index (χ1v) is 12.8. The lowest BCUT2D eigenvalue weighted by atomic mass is 9.90. The van der Waals surface area contributed by atoms with Crippen LogP contribution in [0.4, 0.5) is 4.39 Å². The van der Waals surface area contributed by atoms with E-state index in [4.69, 9.17) is 21.4 Å². The van der Waals surface area contributed by atoms with Crippen LogP contribution in [0.2, 0.25) is 5.02 Å². The van der Waals surface area contributed by atoms with Crippen molar-refractivity contribution in [2.75, 3.05) is 0 Å². The van der Waals surface area contributed by atoms with Crippen LogP contribution < -0.4 is 0 Å². The molecule has 0 fully saturated rings. The summed E-state index contributed by atoms with van der Waals surface area (Å²) < 4.78 is 22.8. The summed E-state index contributed by atoms with van der Waals surface area (Å²) >= 11 is 6.04. The van der Waals surface area contributed by atoms with Gasteiger partial charge in [0.1, 0.15) is 5.82 Å². The van der Waals surface area contributed by atoms with Crippen molar-refractivity contribution in [1.82, 2.24) is 14.6 Å². The van der Waals surface area contributed by atoms with E-state index >= 15 is 4.39 Å².